The monoisotopic (exact) mass is 524 g/mol. The van der Waals surface area contributed by atoms with E-state index in [0.717, 1.165) is 37.6 Å². The minimum absolute atomic E-state index is 0. The Morgan fingerprint density at radius 1 is 1.25 bits per heavy atom. The lowest BCUT2D eigenvalue weighted by molar-refractivity contribution is -0.116. The Balaban J connectivity index is 0.00000392. The maximum absolute atomic E-state index is 11.9. The SMILES string of the molecule is CN=C(NCCCOC1CCOC1)NCCCC(=O)Nc1ccc(Cl)cc1.I. The number of nitrogens with zero attached hydrogens (tertiary/aromatic N) is 1. The molecule has 1 aliphatic rings. The number of rotatable bonds is 10. The second-order valence-electron chi connectivity index (χ2n) is 6.29. The molecule has 1 atom stereocenters. The Bertz CT molecular complexity index is 595. The quantitative estimate of drug-likeness (QED) is 0.190. The number of benzene rings is 1. The smallest absolute Gasteiger partial charge is 0.224 e. The van der Waals surface area contributed by atoms with E-state index in [1.165, 1.54) is 0 Å². The topological polar surface area (TPSA) is 84.0 Å². The highest BCUT2D eigenvalue weighted by atomic mass is 127. The van der Waals surface area contributed by atoms with Crippen molar-refractivity contribution in [2.24, 2.45) is 4.99 Å². The van der Waals surface area contributed by atoms with Gasteiger partial charge >= 0.3 is 0 Å². The number of halogens is 2. The minimum Gasteiger partial charge on any atom is -0.379 e. The van der Waals surface area contributed by atoms with Gasteiger partial charge in [-0.3, -0.25) is 9.79 Å². The van der Waals surface area contributed by atoms with E-state index in [-0.39, 0.29) is 36.0 Å². The molecule has 0 saturated carbocycles. The third kappa shape index (κ3) is 10.4. The van der Waals surface area contributed by atoms with Crippen molar-refractivity contribution in [2.45, 2.75) is 31.8 Å². The highest BCUT2D eigenvalue weighted by Gasteiger charge is 2.15. The first-order valence-corrected chi connectivity index (χ1v) is 9.74. The number of carbonyl (C=O) groups is 1. The van der Waals surface area contributed by atoms with Crippen LogP contribution in [0.4, 0.5) is 5.69 Å². The van der Waals surface area contributed by atoms with Crippen LogP contribution in [0.5, 0.6) is 0 Å². The molecule has 1 aromatic carbocycles. The maximum Gasteiger partial charge on any atom is 0.224 e. The fourth-order valence-corrected chi connectivity index (χ4v) is 2.73. The Hall–Kier alpha value is -1.10. The van der Waals surface area contributed by atoms with Crippen LogP contribution in [0.1, 0.15) is 25.7 Å². The second-order valence-corrected chi connectivity index (χ2v) is 6.73. The molecule has 1 fully saturated rings. The minimum atomic E-state index is -0.0184. The molecule has 3 N–H and O–H groups in total. The van der Waals surface area contributed by atoms with Crippen LogP contribution < -0.4 is 16.0 Å². The average Bonchev–Trinajstić information content (AvgIpc) is 3.18. The number of guanidine groups is 1. The molecule has 0 spiro atoms. The van der Waals surface area contributed by atoms with E-state index in [2.05, 4.69) is 20.9 Å². The van der Waals surface area contributed by atoms with E-state index in [1.807, 2.05) is 0 Å². The van der Waals surface area contributed by atoms with E-state index >= 15 is 0 Å². The van der Waals surface area contributed by atoms with E-state index in [1.54, 1.807) is 31.3 Å². The van der Waals surface area contributed by atoms with Gasteiger partial charge in [-0.25, -0.2) is 0 Å². The number of carbonyl (C=O) groups excluding carboxylic acids is 1. The lowest BCUT2D eigenvalue weighted by Gasteiger charge is -2.13. The third-order valence-corrected chi connectivity index (χ3v) is 4.33. The van der Waals surface area contributed by atoms with Gasteiger partial charge in [-0.05, 0) is 43.5 Å². The van der Waals surface area contributed by atoms with Crippen molar-refractivity contribution in [1.82, 2.24) is 10.6 Å². The fourth-order valence-electron chi connectivity index (χ4n) is 2.61. The highest BCUT2D eigenvalue weighted by Crippen LogP contribution is 2.13. The van der Waals surface area contributed by atoms with Gasteiger partial charge in [-0.15, -0.1) is 24.0 Å². The Morgan fingerprint density at radius 2 is 1.96 bits per heavy atom. The van der Waals surface area contributed by atoms with E-state index < -0.39 is 0 Å². The van der Waals surface area contributed by atoms with Crippen molar-refractivity contribution in [1.29, 1.82) is 0 Å². The Morgan fingerprint density at radius 3 is 2.61 bits per heavy atom. The highest BCUT2D eigenvalue weighted by molar-refractivity contribution is 14.0. The first-order valence-electron chi connectivity index (χ1n) is 9.36. The van der Waals surface area contributed by atoms with Crippen molar-refractivity contribution >= 4 is 53.1 Å². The first-order chi connectivity index (χ1) is 13.2. The van der Waals surface area contributed by atoms with Crippen molar-refractivity contribution in [3.05, 3.63) is 29.3 Å². The molecule has 1 aromatic rings. The van der Waals surface area contributed by atoms with Crippen molar-refractivity contribution < 1.29 is 14.3 Å². The van der Waals surface area contributed by atoms with Gasteiger partial charge in [0.15, 0.2) is 5.96 Å². The summed E-state index contributed by atoms with van der Waals surface area (Å²) in [6, 6.07) is 7.07. The van der Waals surface area contributed by atoms with Crippen LogP contribution in [0.25, 0.3) is 0 Å². The number of hydrogen-bond acceptors (Lipinski definition) is 4. The molecular formula is C19H30ClIN4O3. The van der Waals surface area contributed by atoms with E-state index in [9.17, 15) is 4.79 Å². The van der Waals surface area contributed by atoms with Gasteiger partial charge in [0, 0.05) is 50.5 Å². The summed E-state index contributed by atoms with van der Waals surface area (Å²) in [4.78, 5) is 16.1. The molecule has 0 bridgehead atoms. The maximum atomic E-state index is 11.9. The summed E-state index contributed by atoms with van der Waals surface area (Å²) in [6.07, 6.45) is 3.29. The molecule has 0 aromatic heterocycles. The summed E-state index contributed by atoms with van der Waals surface area (Å²) in [5.74, 6) is 0.715. The summed E-state index contributed by atoms with van der Waals surface area (Å²) >= 11 is 5.83. The van der Waals surface area contributed by atoms with Crippen LogP contribution in [0.2, 0.25) is 5.02 Å². The zero-order valence-corrected chi connectivity index (χ0v) is 19.3. The lowest BCUT2D eigenvalue weighted by Crippen LogP contribution is -2.38. The second kappa shape index (κ2) is 14.8. The molecule has 1 aliphatic heterocycles. The lowest BCUT2D eigenvalue weighted by atomic mass is 10.2. The zero-order chi connectivity index (χ0) is 19.3. The van der Waals surface area contributed by atoms with Crippen LogP contribution in [0.3, 0.4) is 0 Å². The largest absolute Gasteiger partial charge is 0.379 e. The van der Waals surface area contributed by atoms with E-state index in [4.69, 9.17) is 21.1 Å². The van der Waals surface area contributed by atoms with Gasteiger partial charge in [0.05, 0.1) is 12.7 Å². The molecule has 0 radical (unpaired) electrons. The molecule has 158 valence electrons. The predicted octanol–water partition coefficient (Wildman–Crippen LogP) is 3.04. The van der Waals surface area contributed by atoms with Gasteiger partial charge in [0.25, 0.3) is 0 Å². The number of ether oxygens (including phenoxy) is 2. The number of aliphatic imine (C=N–C) groups is 1. The Kier molecular flexibility index (Phi) is 13.2. The molecule has 0 aliphatic carbocycles. The first kappa shape index (κ1) is 24.9. The summed E-state index contributed by atoms with van der Waals surface area (Å²) in [6.45, 7) is 3.68. The molecule has 1 saturated heterocycles. The number of amides is 1. The third-order valence-electron chi connectivity index (χ3n) is 4.08. The molecule has 1 heterocycles. The van der Waals surface area contributed by atoms with Gasteiger partial charge in [0.2, 0.25) is 5.91 Å². The number of nitrogens with one attached hydrogen (secondary N) is 3. The van der Waals surface area contributed by atoms with Crippen LogP contribution >= 0.6 is 35.6 Å². The molecular weight excluding hydrogens is 495 g/mol. The van der Waals surface area contributed by atoms with Crippen LogP contribution in [0.15, 0.2) is 29.3 Å². The van der Waals surface area contributed by atoms with Crippen molar-refractivity contribution in [3.63, 3.8) is 0 Å². The molecule has 2 rings (SSSR count). The van der Waals surface area contributed by atoms with Crippen LogP contribution in [0, 0.1) is 0 Å². The predicted molar refractivity (Wildman–Crippen MR) is 124 cm³/mol. The normalized spacial score (nSPS) is 16.4. The van der Waals surface area contributed by atoms with Crippen LogP contribution in [-0.4, -0.2) is 57.9 Å². The molecule has 1 amide bonds. The van der Waals surface area contributed by atoms with Gasteiger partial charge in [-0.2, -0.15) is 0 Å². The summed E-state index contributed by atoms with van der Waals surface area (Å²) < 4.78 is 11.0. The fraction of sp³-hybridized carbons (Fsp3) is 0.579. The molecule has 1 unspecified atom stereocenters. The summed E-state index contributed by atoms with van der Waals surface area (Å²) in [5, 5.41) is 9.95. The molecule has 7 nitrogen and oxygen atoms in total. The van der Waals surface area contributed by atoms with E-state index in [0.29, 0.717) is 37.6 Å². The Labute approximate surface area is 189 Å². The number of anilines is 1. The zero-order valence-electron chi connectivity index (χ0n) is 16.2. The molecule has 28 heavy (non-hydrogen) atoms. The summed E-state index contributed by atoms with van der Waals surface area (Å²) in [5.41, 5.74) is 0.751. The summed E-state index contributed by atoms with van der Waals surface area (Å²) in [7, 11) is 1.73. The van der Waals surface area contributed by atoms with Crippen LogP contribution in [-0.2, 0) is 14.3 Å². The average molecular weight is 525 g/mol. The number of hydrogen-bond donors (Lipinski definition) is 3. The van der Waals surface area contributed by atoms with Gasteiger partial charge < -0.3 is 25.4 Å². The van der Waals surface area contributed by atoms with Crippen molar-refractivity contribution in [3.8, 4) is 0 Å². The molecule has 9 heteroatoms. The van der Waals surface area contributed by atoms with Gasteiger partial charge in [0.1, 0.15) is 0 Å². The standard InChI is InChI=1S/C19H29ClN4O3.HI/c1-21-19(23-11-3-12-27-17-9-13-26-14-17)22-10-2-4-18(25)24-16-7-5-15(20)6-8-16;/h5-8,17H,2-4,9-14H2,1H3,(H,24,25)(H2,21,22,23);1H. The van der Waals surface area contributed by atoms with Gasteiger partial charge in [-0.1, -0.05) is 11.6 Å². The van der Waals surface area contributed by atoms with Crippen molar-refractivity contribution in [2.75, 3.05) is 45.3 Å².